The molecule has 1 unspecified atom stereocenters. The van der Waals surface area contributed by atoms with Crippen LogP contribution >= 0.6 is 34.5 Å². The third kappa shape index (κ3) is 2.86. The topological polar surface area (TPSA) is 38.9 Å². The van der Waals surface area contributed by atoms with Crippen molar-refractivity contribution in [3.63, 3.8) is 0 Å². The third-order valence-electron chi connectivity index (χ3n) is 2.69. The molecule has 1 atom stereocenters. The summed E-state index contributed by atoms with van der Waals surface area (Å²) in [6, 6.07) is 5.05. The van der Waals surface area contributed by atoms with Gasteiger partial charge in [0.05, 0.1) is 11.7 Å². The molecule has 18 heavy (non-hydrogen) atoms. The van der Waals surface area contributed by atoms with Gasteiger partial charge in [-0.3, -0.25) is 0 Å². The van der Waals surface area contributed by atoms with E-state index in [0.29, 0.717) is 16.0 Å². The first-order chi connectivity index (χ1) is 8.49. The van der Waals surface area contributed by atoms with E-state index >= 15 is 0 Å². The number of halogens is 2. The van der Waals surface area contributed by atoms with Crippen LogP contribution in [0.4, 0.5) is 0 Å². The highest BCUT2D eigenvalue weighted by Crippen LogP contribution is 2.31. The molecule has 0 bridgehead atoms. The summed E-state index contributed by atoms with van der Waals surface area (Å²) in [6.45, 7) is 4.22. The van der Waals surface area contributed by atoms with E-state index in [-0.39, 0.29) is 6.04 Å². The van der Waals surface area contributed by atoms with Gasteiger partial charge in [-0.1, -0.05) is 43.1 Å². The zero-order chi connectivity index (χ0) is 13.3. The van der Waals surface area contributed by atoms with Gasteiger partial charge < -0.3 is 5.73 Å². The highest BCUT2D eigenvalue weighted by molar-refractivity contribution is 7.09. The van der Waals surface area contributed by atoms with Crippen LogP contribution in [0.1, 0.15) is 42.1 Å². The first-order valence-corrected chi connectivity index (χ1v) is 7.28. The van der Waals surface area contributed by atoms with Crippen molar-refractivity contribution in [1.29, 1.82) is 0 Å². The summed E-state index contributed by atoms with van der Waals surface area (Å²) < 4.78 is 0. The molecular weight excluding hydrogens is 287 g/mol. The van der Waals surface area contributed by atoms with Gasteiger partial charge in [0.2, 0.25) is 0 Å². The smallest absolute Gasteiger partial charge is 0.114 e. The second-order valence-corrected chi connectivity index (χ2v) is 6.14. The quantitative estimate of drug-likeness (QED) is 0.898. The molecule has 2 aromatic rings. The molecule has 0 spiro atoms. The standard InChI is InChI=1S/C13H14Cl2N2S/c1-7(2)11-6-18-13(17-11)12(16)9-4-3-8(14)5-10(9)15/h3-7,12H,16H2,1-2H3. The summed E-state index contributed by atoms with van der Waals surface area (Å²) in [5, 5.41) is 4.11. The van der Waals surface area contributed by atoms with Crippen LogP contribution in [0.3, 0.4) is 0 Å². The number of benzene rings is 1. The highest BCUT2D eigenvalue weighted by Gasteiger charge is 2.17. The molecule has 96 valence electrons. The zero-order valence-corrected chi connectivity index (χ0v) is 12.5. The van der Waals surface area contributed by atoms with Gasteiger partial charge in [-0.25, -0.2) is 4.98 Å². The van der Waals surface area contributed by atoms with Crippen molar-refractivity contribution in [2.24, 2.45) is 5.73 Å². The normalized spacial score (nSPS) is 13.0. The van der Waals surface area contributed by atoms with Gasteiger partial charge >= 0.3 is 0 Å². The van der Waals surface area contributed by atoms with Crippen LogP contribution in [0.25, 0.3) is 0 Å². The summed E-state index contributed by atoms with van der Waals surface area (Å²) in [6.07, 6.45) is 0. The Morgan fingerprint density at radius 3 is 2.56 bits per heavy atom. The Balaban J connectivity index is 2.32. The van der Waals surface area contributed by atoms with Crippen molar-refractivity contribution in [2.45, 2.75) is 25.8 Å². The Morgan fingerprint density at radius 1 is 1.28 bits per heavy atom. The predicted octanol–water partition coefficient (Wildman–Crippen LogP) is 4.62. The fraction of sp³-hybridized carbons (Fsp3) is 0.308. The molecule has 5 heteroatoms. The molecule has 0 aliphatic rings. The number of nitrogens with two attached hydrogens (primary N) is 1. The third-order valence-corrected chi connectivity index (χ3v) is 4.20. The van der Waals surface area contributed by atoms with Crippen molar-refractivity contribution in [3.8, 4) is 0 Å². The molecular formula is C13H14Cl2N2S. The van der Waals surface area contributed by atoms with E-state index in [9.17, 15) is 0 Å². The predicted molar refractivity (Wildman–Crippen MR) is 78.7 cm³/mol. The first kappa shape index (κ1) is 13.8. The Bertz CT molecular complexity index is 552. The van der Waals surface area contributed by atoms with Crippen molar-refractivity contribution in [1.82, 2.24) is 4.98 Å². The maximum absolute atomic E-state index is 6.20. The number of hydrogen-bond donors (Lipinski definition) is 1. The average Bonchev–Trinajstić information content (AvgIpc) is 2.77. The number of thiazole rings is 1. The monoisotopic (exact) mass is 300 g/mol. The molecule has 0 saturated heterocycles. The molecule has 0 aliphatic heterocycles. The molecule has 2 nitrogen and oxygen atoms in total. The number of aromatic nitrogens is 1. The van der Waals surface area contributed by atoms with E-state index in [0.717, 1.165) is 16.3 Å². The Labute approximate surface area is 121 Å². The van der Waals surface area contributed by atoms with Crippen molar-refractivity contribution >= 4 is 34.5 Å². The van der Waals surface area contributed by atoms with Gasteiger partial charge in [-0.05, 0) is 23.6 Å². The van der Waals surface area contributed by atoms with Crippen molar-refractivity contribution in [2.75, 3.05) is 0 Å². The van der Waals surface area contributed by atoms with Gasteiger partial charge in [0.15, 0.2) is 0 Å². The number of hydrogen-bond acceptors (Lipinski definition) is 3. The molecule has 1 aromatic carbocycles. The second kappa shape index (κ2) is 5.57. The Hall–Kier alpha value is -0.610. The summed E-state index contributed by atoms with van der Waals surface area (Å²) in [5.74, 6) is 0.405. The van der Waals surface area contributed by atoms with E-state index in [4.69, 9.17) is 28.9 Å². The van der Waals surface area contributed by atoms with Crippen LogP contribution in [0, 0.1) is 0 Å². The van der Waals surface area contributed by atoms with E-state index in [2.05, 4.69) is 18.8 Å². The van der Waals surface area contributed by atoms with Crippen LogP contribution in [0.15, 0.2) is 23.6 Å². The van der Waals surface area contributed by atoms with Gasteiger partial charge in [0, 0.05) is 15.4 Å². The van der Waals surface area contributed by atoms with Crippen molar-refractivity contribution in [3.05, 3.63) is 49.9 Å². The number of nitrogens with zero attached hydrogens (tertiary/aromatic N) is 1. The fourth-order valence-electron chi connectivity index (χ4n) is 1.60. The van der Waals surface area contributed by atoms with Crippen LogP contribution < -0.4 is 5.73 Å². The average molecular weight is 301 g/mol. The van der Waals surface area contributed by atoms with E-state index in [1.54, 1.807) is 23.5 Å². The largest absolute Gasteiger partial charge is 0.318 e. The molecule has 1 heterocycles. The van der Waals surface area contributed by atoms with Gasteiger partial charge in [0.1, 0.15) is 5.01 Å². The number of rotatable bonds is 3. The molecule has 0 radical (unpaired) electrons. The second-order valence-electron chi connectivity index (χ2n) is 4.41. The van der Waals surface area contributed by atoms with Gasteiger partial charge in [-0.2, -0.15) is 0 Å². The fourth-order valence-corrected chi connectivity index (χ4v) is 3.12. The SMILES string of the molecule is CC(C)c1csc(C(N)c2ccc(Cl)cc2Cl)n1. The molecule has 2 N–H and O–H groups in total. The summed E-state index contributed by atoms with van der Waals surface area (Å²) in [7, 11) is 0. The highest BCUT2D eigenvalue weighted by atomic mass is 35.5. The zero-order valence-electron chi connectivity index (χ0n) is 10.2. The van der Waals surface area contributed by atoms with Crippen molar-refractivity contribution < 1.29 is 0 Å². The van der Waals surface area contributed by atoms with E-state index in [1.807, 2.05) is 11.4 Å². The first-order valence-electron chi connectivity index (χ1n) is 5.65. The minimum Gasteiger partial charge on any atom is -0.318 e. The van der Waals surface area contributed by atoms with Crippen LogP contribution in [-0.4, -0.2) is 4.98 Å². The maximum atomic E-state index is 6.20. The molecule has 0 fully saturated rings. The molecule has 2 rings (SSSR count). The van der Waals surface area contributed by atoms with E-state index in [1.165, 1.54) is 0 Å². The van der Waals surface area contributed by atoms with Crippen LogP contribution in [-0.2, 0) is 0 Å². The summed E-state index contributed by atoms with van der Waals surface area (Å²) in [5.41, 5.74) is 8.12. The Morgan fingerprint density at radius 2 is 2.00 bits per heavy atom. The van der Waals surface area contributed by atoms with Crippen LogP contribution in [0.5, 0.6) is 0 Å². The lowest BCUT2D eigenvalue weighted by molar-refractivity contribution is 0.795. The molecule has 0 amide bonds. The van der Waals surface area contributed by atoms with E-state index < -0.39 is 0 Å². The minimum atomic E-state index is -0.299. The Kier molecular flexibility index (Phi) is 4.28. The maximum Gasteiger partial charge on any atom is 0.114 e. The lowest BCUT2D eigenvalue weighted by Crippen LogP contribution is -2.12. The minimum absolute atomic E-state index is 0.299. The lowest BCUT2D eigenvalue weighted by Gasteiger charge is -2.11. The summed E-state index contributed by atoms with van der Waals surface area (Å²) in [4.78, 5) is 4.55. The lowest BCUT2D eigenvalue weighted by atomic mass is 10.1. The molecule has 1 aromatic heterocycles. The van der Waals surface area contributed by atoms with Crippen LogP contribution in [0.2, 0.25) is 10.0 Å². The summed E-state index contributed by atoms with van der Waals surface area (Å²) >= 11 is 13.6. The van der Waals surface area contributed by atoms with Gasteiger partial charge in [-0.15, -0.1) is 11.3 Å². The van der Waals surface area contributed by atoms with Gasteiger partial charge in [0.25, 0.3) is 0 Å². The molecule has 0 aliphatic carbocycles. The molecule has 0 saturated carbocycles.